The molecule has 1 radical (unpaired) electrons. The van der Waals surface area contributed by atoms with Crippen molar-refractivity contribution >= 4 is 17.7 Å². The average molecular weight is 309 g/mol. The molecule has 0 spiro atoms. The molecule has 3 unspecified atom stereocenters. The third-order valence-corrected chi connectivity index (χ3v) is 4.50. The molecular weight excluding hydrogens is 292 g/mol. The highest BCUT2D eigenvalue weighted by molar-refractivity contribution is 5.91. The van der Waals surface area contributed by atoms with Gasteiger partial charge in [-0.15, -0.1) is 0 Å². The van der Waals surface area contributed by atoms with Crippen molar-refractivity contribution in [1.29, 1.82) is 0 Å². The number of hydrogen-bond acceptors (Lipinski definition) is 2. The van der Waals surface area contributed by atoms with Crippen molar-refractivity contribution in [3.05, 3.63) is 54.1 Å². The van der Waals surface area contributed by atoms with Gasteiger partial charge >= 0.3 is 12.1 Å². The summed E-state index contributed by atoms with van der Waals surface area (Å²) < 4.78 is 0. The third kappa shape index (κ3) is 2.56. The lowest BCUT2D eigenvalue weighted by molar-refractivity contribution is 0.128. The Labute approximate surface area is 134 Å². The monoisotopic (exact) mass is 309 g/mol. The minimum absolute atomic E-state index is 0.0237. The van der Waals surface area contributed by atoms with Crippen LogP contribution < -0.4 is 16.0 Å². The number of amides is 4. The molecule has 1 aromatic rings. The normalized spacial score (nSPS) is 28.9. The van der Waals surface area contributed by atoms with Crippen LogP contribution in [-0.4, -0.2) is 35.7 Å². The molecule has 3 atom stereocenters. The minimum Gasteiger partial charge on any atom is -0.331 e. The van der Waals surface area contributed by atoms with E-state index in [9.17, 15) is 9.59 Å². The number of allylic oxidation sites excluding steroid dienone is 2. The summed E-state index contributed by atoms with van der Waals surface area (Å²) in [7, 11) is 0. The van der Waals surface area contributed by atoms with Crippen LogP contribution in [-0.2, 0) is 6.42 Å². The molecule has 1 aromatic carbocycles. The van der Waals surface area contributed by atoms with Crippen LogP contribution in [0, 0.1) is 5.92 Å². The van der Waals surface area contributed by atoms with Gasteiger partial charge in [0.15, 0.2) is 0 Å². The van der Waals surface area contributed by atoms with E-state index in [-0.39, 0.29) is 18.0 Å². The van der Waals surface area contributed by atoms with Crippen molar-refractivity contribution < 1.29 is 9.59 Å². The zero-order valence-electron chi connectivity index (χ0n) is 12.5. The molecule has 23 heavy (non-hydrogen) atoms. The first kappa shape index (κ1) is 13.9. The Morgan fingerprint density at radius 2 is 1.96 bits per heavy atom. The molecule has 1 fully saturated rings. The highest BCUT2D eigenvalue weighted by Crippen LogP contribution is 2.25. The molecular formula is C17H17N4O2. The van der Waals surface area contributed by atoms with Gasteiger partial charge in [0.05, 0.1) is 6.04 Å². The average Bonchev–Trinajstić information content (AvgIpc) is 2.72. The van der Waals surface area contributed by atoms with Crippen LogP contribution in [0.3, 0.4) is 0 Å². The van der Waals surface area contributed by atoms with Gasteiger partial charge in [-0.25, -0.2) is 14.9 Å². The number of carbonyl (C=O) groups is 2. The van der Waals surface area contributed by atoms with Gasteiger partial charge in [0.25, 0.3) is 0 Å². The molecule has 1 aliphatic carbocycles. The predicted molar refractivity (Wildman–Crippen MR) is 85.9 cm³/mol. The van der Waals surface area contributed by atoms with Crippen LogP contribution in [0.25, 0.3) is 0 Å². The zero-order valence-corrected chi connectivity index (χ0v) is 12.5. The molecule has 4 amide bonds. The molecule has 1 saturated heterocycles. The van der Waals surface area contributed by atoms with Crippen LogP contribution in [0.2, 0.25) is 0 Å². The van der Waals surface area contributed by atoms with Crippen LogP contribution in [0.4, 0.5) is 15.3 Å². The predicted octanol–water partition coefficient (Wildman–Crippen LogP) is 1.84. The maximum Gasteiger partial charge on any atom is 0.342 e. The number of para-hydroxylation sites is 1. The summed E-state index contributed by atoms with van der Waals surface area (Å²) in [6, 6.07) is 7.05. The molecule has 0 aromatic heterocycles. The van der Waals surface area contributed by atoms with Gasteiger partial charge in [-0.05, 0) is 11.6 Å². The topological polar surface area (TPSA) is 75.5 Å². The number of nitrogens with zero attached hydrogens (tertiary/aromatic N) is 2. The molecule has 6 nitrogen and oxygen atoms in total. The lowest BCUT2D eigenvalue weighted by atomic mass is 9.92. The first-order valence-electron chi connectivity index (χ1n) is 7.72. The van der Waals surface area contributed by atoms with Gasteiger partial charge < -0.3 is 15.5 Å². The molecule has 0 saturated carbocycles. The number of carbonyl (C=O) groups excluding carboxylic acids is 2. The molecule has 0 bridgehead atoms. The second kappa shape index (κ2) is 5.46. The maximum atomic E-state index is 12.4. The Hall–Kier alpha value is -2.76. The summed E-state index contributed by atoms with van der Waals surface area (Å²) in [6.07, 6.45) is 8.05. The van der Waals surface area contributed by atoms with Crippen molar-refractivity contribution in [2.75, 3.05) is 11.9 Å². The van der Waals surface area contributed by atoms with Gasteiger partial charge in [0, 0.05) is 24.6 Å². The third-order valence-electron chi connectivity index (χ3n) is 4.50. The Morgan fingerprint density at radius 3 is 2.87 bits per heavy atom. The minimum atomic E-state index is -0.487. The van der Waals surface area contributed by atoms with Crippen molar-refractivity contribution in [2.45, 2.75) is 18.6 Å². The quantitative estimate of drug-likeness (QED) is 0.830. The second-order valence-electron chi connectivity index (χ2n) is 5.96. The lowest BCUT2D eigenvalue weighted by Crippen LogP contribution is -2.61. The van der Waals surface area contributed by atoms with Crippen LogP contribution in [0.15, 0.2) is 48.6 Å². The Morgan fingerprint density at radius 1 is 1.13 bits per heavy atom. The summed E-state index contributed by atoms with van der Waals surface area (Å²) in [4.78, 5) is 26.1. The summed E-state index contributed by atoms with van der Waals surface area (Å²) in [5, 5.41) is 9.93. The highest BCUT2D eigenvalue weighted by Gasteiger charge is 2.37. The number of anilines is 1. The van der Waals surface area contributed by atoms with Crippen molar-refractivity contribution in [2.24, 2.45) is 5.92 Å². The molecule has 2 N–H and O–H groups in total. The van der Waals surface area contributed by atoms with E-state index in [0.29, 0.717) is 13.0 Å². The standard InChI is InChI=1S/C17H17N4O2/c22-16-18-13-7-3-1-5-11(13)9-15(20-16)21-10-12-6-2-4-8-14(12)19-17(21)23/h1-8,12,14-15H,9-10H2,(H,18,22)(H,19,23). The van der Waals surface area contributed by atoms with E-state index in [1.54, 1.807) is 4.90 Å². The van der Waals surface area contributed by atoms with E-state index < -0.39 is 12.2 Å². The summed E-state index contributed by atoms with van der Waals surface area (Å²) >= 11 is 0. The first-order chi connectivity index (χ1) is 11.2. The molecule has 6 heteroatoms. The number of urea groups is 2. The fraction of sp³-hybridized carbons (Fsp3) is 0.294. The van der Waals surface area contributed by atoms with E-state index in [1.807, 2.05) is 42.5 Å². The smallest absolute Gasteiger partial charge is 0.331 e. The van der Waals surface area contributed by atoms with Gasteiger partial charge in [-0.3, -0.25) is 0 Å². The first-order valence-corrected chi connectivity index (χ1v) is 7.72. The summed E-state index contributed by atoms with van der Waals surface area (Å²) in [6.45, 7) is 0.557. The number of hydrogen-bond donors (Lipinski definition) is 2. The van der Waals surface area contributed by atoms with E-state index in [1.165, 1.54) is 0 Å². The van der Waals surface area contributed by atoms with Crippen molar-refractivity contribution in [3.63, 3.8) is 0 Å². The van der Waals surface area contributed by atoms with E-state index in [0.717, 1.165) is 11.3 Å². The number of fused-ring (bicyclic) bond motifs is 2. The van der Waals surface area contributed by atoms with Gasteiger partial charge in [0.1, 0.15) is 6.17 Å². The van der Waals surface area contributed by atoms with Gasteiger partial charge in [-0.1, -0.05) is 42.5 Å². The molecule has 4 rings (SSSR count). The zero-order chi connectivity index (χ0) is 15.8. The Balaban J connectivity index is 1.59. The Kier molecular flexibility index (Phi) is 3.29. The number of nitrogens with one attached hydrogen (secondary N) is 2. The highest BCUT2D eigenvalue weighted by atomic mass is 16.2. The number of benzene rings is 1. The van der Waals surface area contributed by atoms with Crippen LogP contribution >= 0.6 is 0 Å². The van der Waals surface area contributed by atoms with Crippen LogP contribution in [0.5, 0.6) is 0 Å². The molecule has 2 aliphatic heterocycles. The fourth-order valence-corrected chi connectivity index (χ4v) is 3.30. The van der Waals surface area contributed by atoms with E-state index in [2.05, 4.69) is 22.0 Å². The fourth-order valence-electron chi connectivity index (χ4n) is 3.30. The van der Waals surface area contributed by atoms with E-state index >= 15 is 0 Å². The van der Waals surface area contributed by atoms with Gasteiger partial charge in [-0.2, -0.15) is 0 Å². The summed E-state index contributed by atoms with van der Waals surface area (Å²) in [5.41, 5.74) is 1.75. The van der Waals surface area contributed by atoms with Crippen molar-refractivity contribution in [3.8, 4) is 0 Å². The summed E-state index contributed by atoms with van der Waals surface area (Å²) in [5.74, 6) is 0.203. The SMILES string of the molecule is O=C1[N]C(N2CC3C=CC=CC3NC2=O)Cc2ccccc2N1. The second-order valence-corrected chi connectivity index (χ2v) is 5.96. The van der Waals surface area contributed by atoms with Gasteiger partial charge in [0.2, 0.25) is 0 Å². The molecule has 117 valence electrons. The number of rotatable bonds is 1. The van der Waals surface area contributed by atoms with Crippen LogP contribution in [0.1, 0.15) is 5.56 Å². The molecule has 2 heterocycles. The largest absolute Gasteiger partial charge is 0.342 e. The molecule has 3 aliphatic rings. The van der Waals surface area contributed by atoms with Crippen molar-refractivity contribution in [1.82, 2.24) is 15.5 Å². The lowest BCUT2D eigenvalue weighted by Gasteiger charge is -2.40. The Bertz CT molecular complexity index is 712. The van der Waals surface area contributed by atoms with E-state index in [4.69, 9.17) is 0 Å². The maximum absolute atomic E-state index is 12.4.